The molecule has 17 heavy (non-hydrogen) atoms. The van der Waals surface area contributed by atoms with Crippen molar-refractivity contribution in [3.8, 4) is 5.88 Å². The van der Waals surface area contributed by atoms with Crippen LogP contribution in [0.15, 0.2) is 36.4 Å². The summed E-state index contributed by atoms with van der Waals surface area (Å²) < 4.78 is 5.06. The van der Waals surface area contributed by atoms with Crippen LogP contribution in [0.2, 0.25) is 0 Å². The van der Waals surface area contributed by atoms with Crippen molar-refractivity contribution in [1.29, 1.82) is 0 Å². The van der Waals surface area contributed by atoms with E-state index in [9.17, 15) is 0 Å². The van der Waals surface area contributed by atoms with Gasteiger partial charge in [0, 0.05) is 11.8 Å². The molecule has 2 heterocycles. The first-order valence-electron chi connectivity index (χ1n) is 5.45. The Balaban J connectivity index is 2.02. The fourth-order valence-corrected chi connectivity index (χ4v) is 1.51. The highest BCUT2D eigenvalue weighted by Crippen LogP contribution is 2.11. The Morgan fingerprint density at radius 1 is 1.12 bits per heavy atom. The van der Waals surface area contributed by atoms with Gasteiger partial charge in [0.1, 0.15) is 5.82 Å². The van der Waals surface area contributed by atoms with Crippen LogP contribution in [0.4, 0.5) is 5.82 Å². The Kier molecular flexibility index (Phi) is 3.55. The van der Waals surface area contributed by atoms with Crippen molar-refractivity contribution in [3.63, 3.8) is 0 Å². The molecular formula is C13H15N3O. The second kappa shape index (κ2) is 5.30. The quantitative estimate of drug-likeness (QED) is 0.874. The molecule has 0 aromatic carbocycles. The Morgan fingerprint density at radius 3 is 2.71 bits per heavy atom. The summed E-state index contributed by atoms with van der Waals surface area (Å²) in [6.45, 7) is 2.63. The van der Waals surface area contributed by atoms with Gasteiger partial charge in [-0.15, -0.1) is 0 Å². The number of aromatic nitrogens is 2. The summed E-state index contributed by atoms with van der Waals surface area (Å²) in [5.74, 6) is 1.39. The van der Waals surface area contributed by atoms with Gasteiger partial charge in [0.05, 0.1) is 19.3 Å². The number of pyridine rings is 2. The number of methoxy groups -OCH3 is 1. The zero-order chi connectivity index (χ0) is 12.1. The Bertz CT molecular complexity index is 500. The van der Waals surface area contributed by atoms with Crippen molar-refractivity contribution in [2.45, 2.75) is 13.5 Å². The Labute approximate surface area is 101 Å². The van der Waals surface area contributed by atoms with Crippen molar-refractivity contribution >= 4 is 5.82 Å². The lowest BCUT2D eigenvalue weighted by atomic mass is 10.3. The van der Waals surface area contributed by atoms with Gasteiger partial charge in [-0.2, -0.15) is 4.98 Å². The van der Waals surface area contributed by atoms with Crippen LogP contribution < -0.4 is 10.1 Å². The van der Waals surface area contributed by atoms with Gasteiger partial charge in [-0.3, -0.25) is 4.98 Å². The van der Waals surface area contributed by atoms with Crippen LogP contribution in [-0.2, 0) is 6.54 Å². The number of anilines is 1. The number of nitrogens with one attached hydrogen (secondary N) is 1. The van der Waals surface area contributed by atoms with Gasteiger partial charge in [0.25, 0.3) is 0 Å². The summed E-state index contributed by atoms with van der Waals surface area (Å²) in [7, 11) is 1.61. The van der Waals surface area contributed by atoms with Gasteiger partial charge in [0.15, 0.2) is 0 Å². The predicted octanol–water partition coefficient (Wildman–Crippen LogP) is 2.41. The lowest BCUT2D eigenvalue weighted by molar-refractivity contribution is 0.398. The molecule has 0 radical (unpaired) electrons. The van der Waals surface area contributed by atoms with Crippen LogP contribution in [0.5, 0.6) is 5.88 Å². The normalized spacial score (nSPS) is 10.0. The smallest absolute Gasteiger partial charge is 0.214 e. The van der Waals surface area contributed by atoms with Gasteiger partial charge in [-0.05, 0) is 25.1 Å². The third-order valence-electron chi connectivity index (χ3n) is 2.33. The van der Waals surface area contributed by atoms with E-state index in [1.165, 1.54) is 0 Å². The van der Waals surface area contributed by atoms with Gasteiger partial charge >= 0.3 is 0 Å². The molecule has 4 heteroatoms. The van der Waals surface area contributed by atoms with Crippen LogP contribution in [0.1, 0.15) is 11.4 Å². The summed E-state index contributed by atoms with van der Waals surface area (Å²) in [5, 5.41) is 3.21. The summed E-state index contributed by atoms with van der Waals surface area (Å²) in [4.78, 5) is 8.68. The summed E-state index contributed by atoms with van der Waals surface area (Å²) in [5.41, 5.74) is 2.01. The molecule has 0 bridgehead atoms. The van der Waals surface area contributed by atoms with E-state index in [1.54, 1.807) is 7.11 Å². The molecule has 0 aliphatic carbocycles. The van der Waals surface area contributed by atoms with Gasteiger partial charge in [0.2, 0.25) is 5.88 Å². The Hall–Kier alpha value is -2.10. The second-order valence-corrected chi connectivity index (χ2v) is 3.69. The number of aryl methyl sites for hydroxylation is 1. The van der Waals surface area contributed by atoms with E-state index in [-0.39, 0.29) is 0 Å². The number of ether oxygens (including phenoxy) is 1. The maximum absolute atomic E-state index is 5.06. The standard InChI is InChI=1S/C13H15N3O/c1-10-5-3-6-11(15-10)9-14-12-7-4-8-13(16-12)17-2/h3-8H,9H2,1-2H3,(H,14,16). The largest absolute Gasteiger partial charge is 0.481 e. The topological polar surface area (TPSA) is 47.0 Å². The highest BCUT2D eigenvalue weighted by atomic mass is 16.5. The number of hydrogen-bond acceptors (Lipinski definition) is 4. The maximum atomic E-state index is 5.06. The molecule has 2 rings (SSSR count). The van der Waals surface area contributed by atoms with Gasteiger partial charge in [-0.1, -0.05) is 12.1 Å². The second-order valence-electron chi connectivity index (χ2n) is 3.69. The fourth-order valence-electron chi connectivity index (χ4n) is 1.51. The minimum Gasteiger partial charge on any atom is -0.481 e. The molecule has 2 aromatic rings. The SMILES string of the molecule is COc1cccc(NCc2cccc(C)n2)n1. The third-order valence-corrected chi connectivity index (χ3v) is 2.33. The minimum atomic E-state index is 0.604. The van der Waals surface area contributed by atoms with Crippen molar-refractivity contribution in [3.05, 3.63) is 47.8 Å². The lowest BCUT2D eigenvalue weighted by Gasteiger charge is -2.06. The highest BCUT2D eigenvalue weighted by Gasteiger charge is 1.98. The Morgan fingerprint density at radius 2 is 1.94 bits per heavy atom. The summed E-state index contributed by atoms with van der Waals surface area (Å²) in [6.07, 6.45) is 0. The van der Waals surface area contributed by atoms with E-state index < -0.39 is 0 Å². The number of hydrogen-bond donors (Lipinski definition) is 1. The van der Waals surface area contributed by atoms with E-state index in [1.807, 2.05) is 43.3 Å². The predicted molar refractivity (Wildman–Crippen MR) is 67.1 cm³/mol. The molecule has 4 nitrogen and oxygen atoms in total. The minimum absolute atomic E-state index is 0.604. The molecule has 0 aliphatic heterocycles. The van der Waals surface area contributed by atoms with Gasteiger partial charge in [-0.25, -0.2) is 0 Å². The highest BCUT2D eigenvalue weighted by molar-refractivity contribution is 5.37. The molecule has 1 N–H and O–H groups in total. The van der Waals surface area contributed by atoms with E-state index in [0.29, 0.717) is 12.4 Å². The van der Waals surface area contributed by atoms with Gasteiger partial charge < -0.3 is 10.1 Å². The van der Waals surface area contributed by atoms with Crippen molar-refractivity contribution in [2.75, 3.05) is 12.4 Å². The molecule has 0 amide bonds. The summed E-state index contributed by atoms with van der Waals surface area (Å²) in [6, 6.07) is 11.6. The van der Waals surface area contributed by atoms with Crippen LogP contribution in [0.3, 0.4) is 0 Å². The zero-order valence-corrected chi connectivity index (χ0v) is 9.97. The molecule has 0 saturated heterocycles. The molecular weight excluding hydrogens is 214 g/mol. The van der Waals surface area contributed by atoms with Crippen molar-refractivity contribution in [1.82, 2.24) is 9.97 Å². The first kappa shape index (κ1) is 11.4. The van der Waals surface area contributed by atoms with Crippen molar-refractivity contribution in [2.24, 2.45) is 0 Å². The average molecular weight is 229 g/mol. The molecule has 0 spiro atoms. The average Bonchev–Trinajstić information content (AvgIpc) is 2.37. The molecule has 0 saturated carbocycles. The fraction of sp³-hybridized carbons (Fsp3) is 0.231. The van der Waals surface area contributed by atoms with Crippen LogP contribution in [-0.4, -0.2) is 17.1 Å². The zero-order valence-electron chi connectivity index (χ0n) is 9.97. The first-order chi connectivity index (χ1) is 8.28. The van der Waals surface area contributed by atoms with E-state index in [0.717, 1.165) is 17.2 Å². The lowest BCUT2D eigenvalue weighted by Crippen LogP contribution is -2.04. The van der Waals surface area contributed by atoms with Crippen molar-refractivity contribution < 1.29 is 4.74 Å². The number of rotatable bonds is 4. The molecule has 0 fully saturated rings. The third kappa shape index (κ3) is 3.17. The molecule has 0 atom stereocenters. The number of nitrogens with zero attached hydrogens (tertiary/aromatic N) is 2. The van der Waals surface area contributed by atoms with E-state index >= 15 is 0 Å². The molecule has 88 valence electrons. The molecule has 0 unspecified atom stereocenters. The summed E-state index contributed by atoms with van der Waals surface area (Å²) >= 11 is 0. The van der Waals surface area contributed by atoms with Crippen LogP contribution in [0, 0.1) is 6.92 Å². The monoisotopic (exact) mass is 229 g/mol. The maximum Gasteiger partial charge on any atom is 0.214 e. The first-order valence-corrected chi connectivity index (χ1v) is 5.45. The van der Waals surface area contributed by atoms with Crippen LogP contribution >= 0.6 is 0 Å². The molecule has 2 aromatic heterocycles. The van der Waals surface area contributed by atoms with E-state index in [2.05, 4.69) is 15.3 Å². The van der Waals surface area contributed by atoms with Crippen LogP contribution in [0.25, 0.3) is 0 Å². The van der Waals surface area contributed by atoms with E-state index in [4.69, 9.17) is 4.74 Å². The molecule has 0 aliphatic rings.